The largest absolute Gasteiger partial charge is 0.270 e. The van der Waals surface area contributed by atoms with Crippen LogP contribution in [0.15, 0.2) is 46.2 Å². The minimum atomic E-state index is -4.04. The van der Waals surface area contributed by atoms with Crippen molar-refractivity contribution in [3.63, 3.8) is 0 Å². The fourth-order valence-electron chi connectivity index (χ4n) is 2.87. The Morgan fingerprint density at radius 1 is 1.12 bits per heavy atom. The number of hydrogen-bond acceptors (Lipinski definition) is 6. The van der Waals surface area contributed by atoms with Crippen molar-refractivity contribution in [3.05, 3.63) is 57.6 Å². The second-order valence-corrected chi connectivity index (χ2v) is 9.26. The lowest BCUT2D eigenvalue weighted by Crippen LogP contribution is -2.29. The van der Waals surface area contributed by atoms with E-state index in [9.17, 15) is 26.9 Å². The first-order valence-electron chi connectivity index (χ1n) is 7.45. The first-order chi connectivity index (χ1) is 12.0. The van der Waals surface area contributed by atoms with Crippen molar-refractivity contribution in [1.29, 1.82) is 0 Å². The Balaban J connectivity index is 2.10. The molecule has 0 saturated heterocycles. The fourth-order valence-corrected chi connectivity index (χ4v) is 5.19. The van der Waals surface area contributed by atoms with E-state index < -0.39 is 25.0 Å². The van der Waals surface area contributed by atoms with E-state index >= 15 is 0 Å². The number of rotatable bonds is 4. The summed E-state index contributed by atoms with van der Waals surface area (Å²) in [5, 5.41) is 16.1. The molecule has 1 heterocycles. The van der Waals surface area contributed by atoms with Crippen LogP contribution in [0.1, 0.15) is 11.1 Å². The maximum atomic E-state index is 13.0. The number of anilines is 1. The standard InChI is InChI=1S/C15H15N3O6S2/c1-10-2-3-12(18(19)20)9-15(10)26(23,24)17-7-6-11-8-13(25(16,21)22)4-5-14(11)17/h2-5,8-9H,6-7H2,1H3,(H2,16,21,22). The molecule has 11 heteroatoms. The number of nitrogens with two attached hydrogens (primary N) is 1. The average Bonchev–Trinajstić information content (AvgIpc) is 2.97. The van der Waals surface area contributed by atoms with Crippen LogP contribution in [0, 0.1) is 17.0 Å². The Kier molecular flexibility index (Phi) is 4.25. The van der Waals surface area contributed by atoms with Gasteiger partial charge in [-0.1, -0.05) is 6.07 Å². The Labute approximate surface area is 150 Å². The van der Waals surface area contributed by atoms with E-state index in [2.05, 4.69) is 0 Å². The molecule has 3 rings (SSSR count). The Bertz CT molecular complexity index is 1130. The van der Waals surface area contributed by atoms with Gasteiger partial charge in [0.1, 0.15) is 0 Å². The molecular formula is C15H15N3O6S2. The summed E-state index contributed by atoms with van der Waals surface area (Å²) in [4.78, 5) is 10.1. The maximum Gasteiger partial charge on any atom is 0.270 e. The molecule has 0 saturated carbocycles. The van der Waals surface area contributed by atoms with E-state index in [1.807, 2.05) is 0 Å². The fraction of sp³-hybridized carbons (Fsp3) is 0.200. The van der Waals surface area contributed by atoms with Gasteiger partial charge in [-0.25, -0.2) is 22.0 Å². The predicted octanol–water partition coefficient (Wildman–Crippen LogP) is 1.30. The molecule has 0 aliphatic carbocycles. The van der Waals surface area contributed by atoms with Crippen LogP contribution in [-0.2, 0) is 26.5 Å². The highest BCUT2D eigenvalue weighted by molar-refractivity contribution is 7.93. The molecule has 1 aliphatic heterocycles. The molecule has 9 nitrogen and oxygen atoms in total. The number of nitrogens with zero attached hydrogens (tertiary/aromatic N) is 2. The van der Waals surface area contributed by atoms with E-state index in [0.29, 0.717) is 23.2 Å². The van der Waals surface area contributed by atoms with Gasteiger partial charge in [0, 0.05) is 18.7 Å². The molecular weight excluding hydrogens is 382 g/mol. The molecule has 0 bridgehead atoms. The summed E-state index contributed by atoms with van der Waals surface area (Å²) in [6.07, 6.45) is 0.311. The van der Waals surface area contributed by atoms with Crippen molar-refractivity contribution in [2.24, 2.45) is 5.14 Å². The lowest BCUT2D eigenvalue weighted by atomic mass is 10.2. The predicted molar refractivity (Wildman–Crippen MR) is 93.9 cm³/mol. The summed E-state index contributed by atoms with van der Waals surface area (Å²) in [6.45, 7) is 1.66. The van der Waals surface area contributed by atoms with Gasteiger partial charge in [0.15, 0.2) is 0 Å². The Morgan fingerprint density at radius 2 is 1.81 bits per heavy atom. The number of hydrogen-bond donors (Lipinski definition) is 1. The SMILES string of the molecule is Cc1ccc([N+](=O)[O-])cc1S(=O)(=O)N1CCc2cc(S(N)(=O)=O)ccc21. The van der Waals surface area contributed by atoms with Crippen molar-refractivity contribution in [3.8, 4) is 0 Å². The third-order valence-corrected chi connectivity index (χ3v) is 7.05. The Hall–Kier alpha value is -2.50. The molecule has 2 aromatic rings. The molecule has 2 aromatic carbocycles. The number of benzene rings is 2. The summed E-state index contributed by atoms with van der Waals surface area (Å²) in [7, 11) is -7.93. The van der Waals surface area contributed by atoms with Crippen LogP contribution in [0.3, 0.4) is 0 Å². The lowest BCUT2D eigenvalue weighted by Gasteiger charge is -2.20. The number of fused-ring (bicyclic) bond motifs is 1. The smallest absolute Gasteiger partial charge is 0.266 e. The highest BCUT2D eigenvalue weighted by Crippen LogP contribution is 2.35. The maximum absolute atomic E-state index is 13.0. The molecule has 26 heavy (non-hydrogen) atoms. The van der Waals surface area contributed by atoms with Gasteiger partial charge in [-0.05, 0) is 42.7 Å². The molecule has 1 aliphatic rings. The topological polar surface area (TPSA) is 141 Å². The molecule has 0 fully saturated rings. The zero-order chi connectivity index (χ0) is 19.3. The molecule has 0 amide bonds. The van der Waals surface area contributed by atoms with Gasteiger partial charge < -0.3 is 0 Å². The molecule has 0 unspecified atom stereocenters. The molecule has 0 spiro atoms. The zero-order valence-corrected chi connectivity index (χ0v) is 15.2. The van der Waals surface area contributed by atoms with Crippen LogP contribution < -0.4 is 9.44 Å². The highest BCUT2D eigenvalue weighted by atomic mass is 32.2. The van der Waals surface area contributed by atoms with Crippen molar-refractivity contribution in [1.82, 2.24) is 0 Å². The van der Waals surface area contributed by atoms with E-state index in [1.165, 1.54) is 30.3 Å². The summed E-state index contributed by atoms with van der Waals surface area (Å²) < 4.78 is 50.1. The second-order valence-electron chi connectivity index (χ2n) is 5.87. The molecule has 2 N–H and O–H groups in total. The summed E-state index contributed by atoms with van der Waals surface area (Å²) in [5.74, 6) is 0. The number of aryl methyl sites for hydroxylation is 1. The number of nitro groups is 1. The third-order valence-electron chi connectivity index (χ3n) is 4.18. The van der Waals surface area contributed by atoms with Crippen LogP contribution >= 0.6 is 0 Å². The van der Waals surface area contributed by atoms with E-state index in [4.69, 9.17) is 5.14 Å². The average molecular weight is 397 g/mol. The van der Waals surface area contributed by atoms with Crippen LogP contribution in [-0.4, -0.2) is 28.3 Å². The molecule has 138 valence electrons. The Morgan fingerprint density at radius 3 is 2.42 bits per heavy atom. The number of primary sulfonamides is 1. The quantitative estimate of drug-likeness (QED) is 0.609. The summed E-state index contributed by atoms with van der Waals surface area (Å²) >= 11 is 0. The van der Waals surface area contributed by atoms with Crippen LogP contribution in [0.25, 0.3) is 0 Å². The van der Waals surface area contributed by atoms with Crippen LogP contribution in [0.4, 0.5) is 11.4 Å². The first kappa shape index (κ1) is 18.3. The summed E-state index contributed by atoms with van der Waals surface area (Å²) in [5.41, 5.74) is 0.926. The lowest BCUT2D eigenvalue weighted by molar-refractivity contribution is -0.385. The van der Waals surface area contributed by atoms with Crippen molar-refractivity contribution in [2.75, 3.05) is 10.8 Å². The van der Waals surface area contributed by atoms with Gasteiger partial charge in [-0.2, -0.15) is 0 Å². The minimum Gasteiger partial charge on any atom is -0.266 e. The summed E-state index contributed by atoms with van der Waals surface area (Å²) in [6, 6.07) is 7.62. The monoisotopic (exact) mass is 397 g/mol. The van der Waals surface area contributed by atoms with Crippen molar-refractivity contribution in [2.45, 2.75) is 23.1 Å². The van der Waals surface area contributed by atoms with E-state index in [1.54, 1.807) is 6.92 Å². The molecule has 0 atom stereocenters. The van der Waals surface area contributed by atoms with Gasteiger partial charge in [0.2, 0.25) is 10.0 Å². The normalized spacial score (nSPS) is 14.3. The molecule has 0 radical (unpaired) electrons. The van der Waals surface area contributed by atoms with Crippen LogP contribution in [0.2, 0.25) is 0 Å². The first-order valence-corrected chi connectivity index (χ1v) is 10.4. The number of sulfonamides is 2. The zero-order valence-electron chi connectivity index (χ0n) is 13.6. The molecule has 0 aromatic heterocycles. The minimum absolute atomic E-state index is 0.0953. The third kappa shape index (κ3) is 3.04. The van der Waals surface area contributed by atoms with Gasteiger partial charge in [-0.15, -0.1) is 0 Å². The second kappa shape index (κ2) is 6.04. The van der Waals surface area contributed by atoms with E-state index in [0.717, 1.165) is 10.4 Å². The number of non-ortho nitro benzene ring substituents is 1. The van der Waals surface area contributed by atoms with Crippen molar-refractivity contribution >= 4 is 31.4 Å². The van der Waals surface area contributed by atoms with Crippen molar-refractivity contribution < 1.29 is 21.8 Å². The highest BCUT2D eigenvalue weighted by Gasteiger charge is 2.33. The van der Waals surface area contributed by atoms with E-state index in [-0.39, 0.29) is 22.0 Å². The van der Waals surface area contributed by atoms with Gasteiger partial charge in [0.05, 0.1) is 20.4 Å². The van der Waals surface area contributed by atoms with Gasteiger partial charge >= 0.3 is 0 Å². The van der Waals surface area contributed by atoms with Gasteiger partial charge in [0.25, 0.3) is 15.7 Å². The number of nitro benzene ring substituents is 1. The van der Waals surface area contributed by atoms with Gasteiger partial charge in [-0.3, -0.25) is 14.4 Å². The van der Waals surface area contributed by atoms with Crippen LogP contribution in [0.5, 0.6) is 0 Å².